The third-order valence-electron chi connectivity index (χ3n) is 2.20. The Morgan fingerprint density at radius 1 is 1.38 bits per heavy atom. The lowest BCUT2D eigenvalue weighted by atomic mass is 10.3. The monoisotopic (exact) mass is 197 g/mol. The summed E-state index contributed by atoms with van der Waals surface area (Å²) in [5.74, 6) is 0. The molecule has 0 bridgehead atoms. The van der Waals surface area contributed by atoms with Gasteiger partial charge in [-0.1, -0.05) is 11.6 Å². The molecule has 1 saturated heterocycles. The van der Waals surface area contributed by atoms with Crippen LogP contribution in [-0.4, -0.2) is 31.2 Å². The van der Waals surface area contributed by atoms with Crippen molar-refractivity contribution in [2.45, 2.75) is 0 Å². The van der Waals surface area contributed by atoms with Crippen molar-refractivity contribution in [2.75, 3.05) is 31.1 Å². The van der Waals surface area contributed by atoms with Crippen molar-refractivity contribution in [1.29, 1.82) is 0 Å². The first-order valence-electron chi connectivity index (χ1n) is 4.44. The van der Waals surface area contributed by atoms with Crippen molar-refractivity contribution < 1.29 is 0 Å². The lowest BCUT2D eigenvalue weighted by Gasteiger charge is -2.29. The molecule has 0 unspecified atom stereocenters. The minimum atomic E-state index is 0.601. The molecule has 0 saturated carbocycles. The summed E-state index contributed by atoms with van der Waals surface area (Å²) in [7, 11) is 0. The number of nitrogens with zero attached hydrogens (tertiary/aromatic N) is 2. The predicted molar refractivity (Wildman–Crippen MR) is 54.3 cm³/mol. The summed E-state index contributed by atoms with van der Waals surface area (Å²) in [5.41, 5.74) is 1.05. The number of piperazine rings is 1. The van der Waals surface area contributed by atoms with Gasteiger partial charge in [0.2, 0.25) is 0 Å². The third-order valence-corrected chi connectivity index (χ3v) is 2.49. The maximum Gasteiger partial charge on any atom is 0.152 e. The fraction of sp³-hybridized carbons (Fsp3) is 0.444. The van der Waals surface area contributed by atoms with Crippen LogP contribution in [0, 0.1) is 0 Å². The van der Waals surface area contributed by atoms with Gasteiger partial charge in [-0.2, -0.15) is 0 Å². The standard InChI is InChI=1S/C9H12ClN3/c10-9-8(2-1-3-12-9)13-6-4-11-5-7-13/h1-3,11H,4-7H2. The molecule has 0 aliphatic carbocycles. The molecule has 1 N–H and O–H groups in total. The summed E-state index contributed by atoms with van der Waals surface area (Å²) in [6, 6.07) is 3.93. The van der Waals surface area contributed by atoms with Crippen LogP contribution in [0.2, 0.25) is 5.15 Å². The van der Waals surface area contributed by atoms with Crippen molar-refractivity contribution >= 4 is 17.3 Å². The van der Waals surface area contributed by atoms with E-state index in [1.165, 1.54) is 0 Å². The summed E-state index contributed by atoms with van der Waals surface area (Å²) < 4.78 is 0. The Balaban J connectivity index is 2.18. The molecule has 3 nitrogen and oxygen atoms in total. The third kappa shape index (κ3) is 1.92. The van der Waals surface area contributed by atoms with E-state index >= 15 is 0 Å². The Hall–Kier alpha value is -0.800. The van der Waals surface area contributed by atoms with Crippen molar-refractivity contribution in [2.24, 2.45) is 0 Å². The molecule has 1 aliphatic heterocycles. The highest BCUT2D eigenvalue weighted by atomic mass is 35.5. The molecular weight excluding hydrogens is 186 g/mol. The number of pyridine rings is 1. The van der Waals surface area contributed by atoms with Crippen LogP contribution in [0.4, 0.5) is 5.69 Å². The van der Waals surface area contributed by atoms with Crippen LogP contribution in [0.25, 0.3) is 0 Å². The van der Waals surface area contributed by atoms with E-state index in [-0.39, 0.29) is 0 Å². The van der Waals surface area contributed by atoms with Gasteiger partial charge in [0, 0.05) is 32.4 Å². The highest BCUT2D eigenvalue weighted by molar-refractivity contribution is 6.32. The summed E-state index contributed by atoms with van der Waals surface area (Å²) >= 11 is 5.98. The van der Waals surface area contributed by atoms with E-state index in [1.807, 2.05) is 12.1 Å². The fourth-order valence-electron chi connectivity index (χ4n) is 1.52. The van der Waals surface area contributed by atoms with Crippen molar-refractivity contribution in [3.05, 3.63) is 23.5 Å². The number of aromatic nitrogens is 1. The van der Waals surface area contributed by atoms with Gasteiger partial charge >= 0.3 is 0 Å². The Labute approximate surface area is 82.7 Å². The maximum atomic E-state index is 5.98. The SMILES string of the molecule is Clc1ncccc1N1CCNCC1. The molecule has 0 spiro atoms. The first-order chi connectivity index (χ1) is 6.38. The molecule has 4 heteroatoms. The number of halogens is 1. The molecule has 1 aromatic heterocycles. The van der Waals surface area contributed by atoms with Gasteiger partial charge in [0.15, 0.2) is 5.15 Å². The smallest absolute Gasteiger partial charge is 0.152 e. The van der Waals surface area contributed by atoms with Gasteiger partial charge in [-0.15, -0.1) is 0 Å². The van der Waals surface area contributed by atoms with E-state index in [1.54, 1.807) is 6.20 Å². The number of hydrogen-bond acceptors (Lipinski definition) is 3. The second-order valence-corrected chi connectivity index (χ2v) is 3.41. The molecule has 1 aromatic rings. The van der Waals surface area contributed by atoms with E-state index in [4.69, 9.17) is 11.6 Å². The number of anilines is 1. The van der Waals surface area contributed by atoms with Gasteiger partial charge in [0.25, 0.3) is 0 Å². The van der Waals surface area contributed by atoms with Crippen LogP contribution < -0.4 is 10.2 Å². The van der Waals surface area contributed by atoms with Crippen molar-refractivity contribution in [1.82, 2.24) is 10.3 Å². The number of hydrogen-bond donors (Lipinski definition) is 1. The topological polar surface area (TPSA) is 28.2 Å². The Morgan fingerprint density at radius 3 is 2.85 bits per heavy atom. The van der Waals surface area contributed by atoms with Gasteiger partial charge in [0.1, 0.15) is 0 Å². The van der Waals surface area contributed by atoms with Crippen LogP contribution in [0.15, 0.2) is 18.3 Å². The minimum absolute atomic E-state index is 0.601. The maximum absolute atomic E-state index is 5.98. The van der Waals surface area contributed by atoms with Crippen LogP contribution in [0.1, 0.15) is 0 Å². The fourth-order valence-corrected chi connectivity index (χ4v) is 1.76. The van der Waals surface area contributed by atoms with Crippen LogP contribution in [0.3, 0.4) is 0 Å². The first kappa shape index (κ1) is 8.78. The van der Waals surface area contributed by atoms with Crippen LogP contribution in [0.5, 0.6) is 0 Å². The summed E-state index contributed by atoms with van der Waals surface area (Å²) in [5, 5.41) is 3.90. The lowest BCUT2D eigenvalue weighted by Crippen LogP contribution is -2.43. The Bertz CT molecular complexity index is 284. The molecule has 1 fully saturated rings. The quantitative estimate of drug-likeness (QED) is 0.685. The molecular formula is C9H12ClN3. The molecule has 70 valence electrons. The van der Waals surface area contributed by atoms with E-state index < -0.39 is 0 Å². The zero-order chi connectivity index (χ0) is 9.10. The van der Waals surface area contributed by atoms with Crippen LogP contribution >= 0.6 is 11.6 Å². The minimum Gasteiger partial charge on any atom is -0.367 e. The Kier molecular flexibility index (Phi) is 2.66. The van der Waals surface area contributed by atoms with E-state index in [0.29, 0.717) is 5.15 Å². The molecule has 0 radical (unpaired) electrons. The highest BCUT2D eigenvalue weighted by Gasteiger charge is 2.12. The Morgan fingerprint density at radius 2 is 2.15 bits per heavy atom. The predicted octanol–water partition coefficient (Wildman–Crippen LogP) is 1.14. The molecule has 0 atom stereocenters. The average molecular weight is 198 g/mol. The molecule has 0 amide bonds. The first-order valence-corrected chi connectivity index (χ1v) is 4.82. The highest BCUT2D eigenvalue weighted by Crippen LogP contribution is 2.22. The van der Waals surface area contributed by atoms with E-state index in [9.17, 15) is 0 Å². The van der Waals surface area contributed by atoms with E-state index in [2.05, 4.69) is 15.2 Å². The van der Waals surface area contributed by atoms with Gasteiger partial charge in [-0.05, 0) is 12.1 Å². The van der Waals surface area contributed by atoms with Gasteiger partial charge in [-0.3, -0.25) is 0 Å². The number of rotatable bonds is 1. The summed E-state index contributed by atoms with van der Waals surface area (Å²) in [6.07, 6.45) is 1.72. The van der Waals surface area contributed by atoms with Crippen molar-refractivity contribution in [3.63, 3.8) is 0 Å². The molecule has 1 aliphatic rings. The normalized spacial score (nSPS) is 17.5. The number of nitrogens with one attached hydrogen (secondary N) is 1. The molecule has 2 heterocycles. The van der Waals surface area contributed by atoms with E-state index in [0.717, 1.165) is 31.9 Å². The summed E-state index contributed by atoms with van der Waals surface area (Å²) in [6.45, 7) is 4.05. The molecule has 2 rings (SSSR count). The zero-order valence-electron chi connectivity index (χ0n) is 7.33. The average Bonchev–Trinajstić information content (AvgIpc) is 2.20. The molecule has 0 aromatic carbocycles. The van der Waals surface area contributed by atoms with Gasteiger partial charge < -0.3 is 10.2 Å². The summed E-state index contributed by atoms with van der Waals surface area (Å²) in [4.78, 5) is 6.31. The van der Waals surface area contributed by atoms with Crippen molar-refractivity contribution in [3.8, 4) is 0 Å². The largest absolute Gasteiger partial charge is 0.367 e. The van der Waals surface area contributed by atoms with Gasteiger partial charge in [-0.25, -0.2) is 4.98 Å². The second-order valence-electron chi connectivity index (χ2n) is 3.05. The van der Waals surface area contributed by atoms with Crippen LogP contribution in [-0.2, 0) is 0 Å². The molecule has 13 heavy (non-hydrogen) atoms. The zero-order valence-corrected chi connectivity index (χ0v) is 8.09. The lowest BCUT2D eigenvalue weighted by molar-refractivity contribution is 0.589. The second kappa shape index (κ2) is 3.94. The van der Waals surface area contributed by atoms with Gasteiger partial charge in [0.05, 0.1) is 5.69 Å².